The molecule has 15 heteroatoms. The van der Waals surface area contributed by atoms with Crippen molar-refractivity contribution in [3.63, 3.8) is 0 Å². The number of alkyl halides is 3. The third-order valence-electron chi connectivity index (χ3n) is 6.58. The van der Waals surface area contributed by atoms with Gasteiger partial charge in [-0.05, 0) is 56.7 Å². The highest BCUT2D eigenvalue weighted by Crippen LogP contribution is 2.50. The number of anilines is 4. The maximum atomic E-state index is 14.5. The van der Waals surface area contributed by atoms with Gasteiger partial charge in [-0.1, -0.05) is 23.7 Å². The lowest BCUT2D eigenvalue weighted by atomic mass is 9.97. The van der Waals surface area contributed by atoms with Gasteiger partial charge in [0.2, 0.25) is 6.29 Å². The Kier molecular flexibility index (Phi) is 7.23. The third-order valence-corrected chi connectivity index (χ3v) is 7.33. The highest BCUT2D eigenvalue weighted by atomic mass is 35.5. The van der Waals surface area contributed by atoms with Crippen molar-refractivity contribution < 1.29 is 39.8 Å². The number of nitrogens with zero attached hydrogens (tertiary/aromatic N) is 1. The molecule has 1 atom stereocenters. The minimum absolute atomic E-state index is 0.0436. The summed E-state index contributed by atoms with van der Waals surface area (Å²) in [7, 11) is -4.07. The Hall–Kier alpha value is -3.75. The van der Waals surface area contributed by atoms with E-state index in [4.69, 9.17) is 20.6 Å². The van der Waals surface area contributed by atoms with Crippen LogP contribution in [0.3, 0.4) is 0 Å². The molecule has 2 aliphatic heterocycles. The van der Waals surface area contributed by atoms with Crippen LogP contribution in [0.5, 0.6) is 5.75 Å². The molecule has 1 amide bonds. The maximum absolute atomic E-state index is 14.5. The van der Waals surface area contributed by atoms with E-state index in [1.807, 2.05) is 0 Å². The quantitative estimate of drug-likeness (QED) is 0.273. The van der Waals surface area contributed by atoms with Gasteiger partial charge < -0.3 is 20.7 Å². The first-order chi connectivity index (χ1) is 19.4. The van der Waals surface area contributed by atoms with Crippen LogP contribution < -0.4 is 25.8 Å². The molecular weight excluding hydrogens is 604 g/mol. The second-order valence-corrected chi connectivity index (χ2v) is 12.5. The average molecular weight is 629 g/mol. The number of hydroxylamine groups is 1. The van der Waals surface area contributed by atoms with Crippen LogP contribution in [-0.4, -0.2) is 32.5 Å². The van der Waals surface area contributed by atoms with Gasteiger partial charge in [-0.3, -0.25) is 4.79 Å². The zero-order valence-corrected chi connectivity index (χ0v) is 24.2. The van der Waals surface area contributed by atoms with Crippen molar-refractivity contribution in [1.82, 2.24) is 0 Å². The van der Waals surface area contributed by atoms with Gasteiger partial charge in [0.05, 0.1) is 45.2 Å². The maximum Gasteiger partial charge on any atom is 0.416 e. The Morgan fingerprint density at radius 2 is 1.93 bits per heavy atom. The summed E-state index contributed by atoms with van der Waals surface area (Å²) in [4.78, 5) is 13.4. The molecule has 3 aromatic rings. The van der Waals surface area contributed by atoms with Gasteiger partial charge in [0, 0.05) is 12.0 Å². The molecule has 2 aliphatic rings. The summed E-state index contributed by atoms with van der Waals surface area (Å²) in [6.07, 6.45) is -4.73. The summed E-state index contributed by atoms with van der Waals surface area (Å²) in [5.41, 5.74) is -0.679. The van der Waals surface area contributed by atoms with Crippen molar-refractivity contribution >= 4 is 50.4 Å². The molecule has 224 valence electrons. The number of halogens is 5. The second kappa shape index (κ2) is 10.2. The number of benzene rings is 3. The number of ether oxygens (including phenoxy) is 1. The normalized spacial score (nSPS) is 17.3. The zero-order valence-electron chi connectivity index (χ0n) is 22.6. The lowest BCUT2D eigenvalue weighted by molar-refractivity contribution is -0.137. The van der Waals surface area contributed by atoms with Gasteiger partial charge >= 0.3 is 6.18 Å². The Morgan fingerprint density at radius 1 is 1.21 bits per heavy atom. The smallest absolute Gasteiger partial charge is 0.416 e. The monoisotopic (exact) mass is 628 g/mol. The van der Waals surface area contributed by atoms with E-state index in [1.165, 1.54) is 6.07 Å². The molecule has 0 saturated heterocycles. The van der Waals surface area contributed by atoms with E-state index in [0.717, 1.165) is 16.9 Å². The number of fused-ring (bicyclic) bond motifs is 3. The fourth-order valence-electron chi connectivity index (χ4n) is 4.85. The Labute approximate surface area is 243 Å². The Morgan fingerprint density at radius 3 is 2.57 bits per heavy atom. The molecule has 3 aromatic carbocycles. The molecule has 42 heavy (non-hydrogen) atoms. The minimum atomic E-state index is -4.76. The molecule has 0 spiro atoms. The number of para-hydroxylation sites is 1. The highest BCUT2D eigenvalue weighted by molar-refractivity contribution is 7.86. The molecule has 0 radical (unpaired) electrons. The van der Waals surface area contributed by atoms with Crippen molar-refractivity contribution in [1.29, 1.82) is 0 Å². The summed E-state index contributed by atoms with van der Waals surface area (Å²) in [5.74, 6) is -1.97. The van der Waals surface area contributed by atoms with Crippen molar-refractivity contribution in [2.24, 2.45) is 0 Å². The Balaban J connectivity index is 1.59. The van der Waals surface area contributed by atoms with E-state index < -0.39 is 51.2 Å². The number of hydrogen-bond donors (Lipinski definition) is 3. The first-order valence-corrected chi connectivity index (χ1v) is 14.7. The van der Waals surface area contributed by atoms with E-state index in [9.17, 15) is 30.8 Å². The lowest BCUT2D eigenvalue weighted by Gasteiger charge is -2.27. The topological polar surface area (TPSA) is 109 Å². The molecule has 0 aromatic heterocycles. The van der Waals surface area contributed by atoms with Crippen LogP contribution in [-0.2, 0) is 27.0 Å². The van der Waals surface area contributed by atoms with E-state index >= 15 is 0 Å². The van der Waals surface area contributed by atoms with Crippen LogP contribution >= 0.6 is 11.6 Å². The van der Waals surface area contributed by atoms with Crippen LogP contribution in [0.15, 0.2) is 42.5 Å². The predicted octanol–water partition coefficient (Wildman–Crippen LogP) is 6.29. The average Bonchev–Trinajstić information content (AvgIpc) is 3.35. The van der Waals surface area contributed by atoms with Crippen LogP contribution in [0, 0.1) is 12.7 Å². The van der Waals surface area contributed by atoms with Gasteiger partial charge in [0.25, 0.3) is 16.0 Å². The number of rotatable bonds is 6. The summed E-state index contributed by atoms with van der Waals surface area (Å²) in [6, 6.07) is 8.19. The number of aryl methyl sites for hydroxylation is 1. The number of amides is 1. The fourth-order valence-corrected chi connectivity index (χ4v) is 5.58. The van der Waals surface area contributed by atoms with E-state index in [-0.39, 0.29) is 29.1 Å². The molecule has 0 saturated carbocycles. The van der Waals surface area contributed by atoms with Gasteiger partial charge in [0.15, 0.2) is 0 Å². The number of nitrogens with one attached hydrogen (secondary N) is 3. The Bertz CT molecular complexity index is 1700. The van der Waals surface area contributed by atoms with Crippen LogP contribution in [0.1, 0.15) is 40.9 Å². The van der Waals surface area contributed by atoms with Crippen LogP contribution in [0.25, 0.3) is 0 Å². The molecule has 3 N–H and O–H groups in total. The standard InChI is InChI=1S/C27H25ClF4N4O5S/c1-13-6-5-7-17(28)21(13)35-25-34-20-11-15(24(37)33-19-10-14(27(30,31)32)8-9-18(19)29)23-16(12-26(2,3)40-23)22(20)36(25)41-42(4,38)39/h5-11,25,34-35H,12H2,1-4H3,(H,33,37). The third kappa shape index (κ3) is 5.78. The van der Waals surface area contributed by atoms with Crippen molar-refractivity contribution in [3.8, 4) is 5.75 Å². The first kappa shape index (κ1) is 29.7. The lowest BCUT2D eigenvalue weighted by Crippen LogP contribution is -2.43. The summed E-state index contributed by atoms with van der Waals surface area (Å²) in [6.45, 7) is 5.27. The number of carbonyl (C=O) groups is 1. The van der Waals surface area contributed by atoms with Gasteiger partial charge in [0.1, 0.15) is 17.2 Å². The first-order valence-electron chi connectivity index (χ1n) is 12.5. The second-order valence-electron chi connectivity index (χ2n) is 10.5. The van der Waals surface area contributed by atoms with Gasteiger partial charge in [-0.25, -0.2) is 4.39 Å². The molecular formula is C27H25ClF4N4O5S. The van der Waals surface area contributed by atoms with Gasteiger partial charge in [-0.15, -0.1) is 4.28 Å². The van der Waals surface area contributed by atoms with E-state index in [0.29, 0.717) is 34.5 Å². The van der Waals surface area contributed by atoms with Crippen molar-refractivity contribution in [3.05, 3.63) is 75.6 Å². The molecule has 5 rings (SSSR count). The zero-order chi connectivity index (χ0) is 30.8. The molecule has 1 unspecified atom stereocenters. The highest BCUT2D eigenvalue weighted by Gasteiger charge is 2.44. The SMILES string of the molecule is Cc1cccc(Cl)c1NC1Nc2cc(C(=O)Nc3cc(C(F)(F)F)ccc3F)c3c(c2N1OS(C)(=O)=O)CC(C)(C)O3. The molecule has 0 bridgehead atoms. The fraction of sp³-hybridized carbons (Fsp3) is 0.296. The predicted molar refractivity (Wildman–Crippen MR) is 150 cm³/mol. The largest absolute Gasteiger partial charge is 0.486 e. The number of hydrogen-bond acceptors (Lipinski definition) is 8. The molecule has 0 fully saturated rings. The van der Waals surface area contributed by atoms with Crippen molar-refractivity contribution in [2.75, 3.05) is 27.3 Å². The van der Waals surface area contributed by atoms with Crippen LogP contribution in [0.2, 0.25) is 5.02 Å². The molecule has 9 nitrogen and oxygen atoms in total. The minimum Gasteiger partial charge on any atom is -0.486 e. The number of carbonyl (C=O) groups excluding carboxylic acids is 1. The molecule has 2 heterocycles. The van der Waals surface area contributed by atoms with E-state index in [2.05, 4.69) is 16.0 Å². The molecule has 0 aliphatic carbocycles. The summed E-state index contributed by atoms with van der Waals surface area (Å²) >= 11 is 6.39. The summed E-state index contributed by atoms with van der Waals surface area (Å²) in [5, 5.41) is 9.84. The van der Waals surface area contributed by atoms with Crippen LogP contribution in [0.4, 0.5) is 40.3 Å². The summed E-state index contributed by atoms with van der Waals surface area (Å²) < 4.78 is 90.2. The van der Waals surface area contributed by atoms with Gasteiger partial charge in [-0.2, -0.15) is 26.7 Å². The van der Waals surface area contributed by atoms with Crippen molar-refractivity contribution in [2.45, 2.75) is 45.3 Å². The van der Waals surface area contributed by atoms with E-state index in [1.54, 1.807) is 39.0 Å².